The molecule has 2 N–H and O–H groups in total. The van der Waals surface area contributed by atoms with Crippen LogP contribution in [0.3, 0.4) is 0 Å². The van der Waals surface area contributed by atoms with Gasteiger partial charge in [0.25, 0.3) is 0 Å². The van der Waals surface area contributed by atoms with Crippen LogP contribution in [0, 0.1) is 0 Å². The second-order valence-electron chi connectivity index (χ2n) is 6.83. The van der Waals surface area contributed by atoms with E-state index in [4.69, 9.17) is 11.6 Å². The first-order valence-corrected chi connectivity index (χ1v) is 9.29. The van der Waals surface area contributed by atoms with Crippen LogP contribution < -0.4 is 10.6 Å². The highest BCUT2D eigenvalue weighted by Gasteiger charge is 2.14. The molecule has 26 heavy (non-hydrogen) atoms. The van der Waals surface area contributed by atoms with Crippen LogP contribution in [0.5, 0.6) is 0 Å². The van der Waals surface area contributed by atoms with Crippen molar-refractivity contribution in [2.45, 2.75) is 26.2 Å². The monoisotopic (exact) mass is 386 g/mol. The fourth-order valence-corrected chi connectivity index (χ4v) is 3.17. The van der Waals surface area contributed by atoms with Crippen molar-refractivity contribution < 1.29 is 4.79 Å². The van der Waals surface area contributed by atoms with Crippen LogP contribution in [0.25, 0.3) is 10.6 Å². The minimum atomic E-state index is -0.354. The fraction of sp³-hybridized carbons (Fsp3) is 0.211. The first-order valence-electron chi connectivity index (χ1n) is 8.09. The van der Waals surface area contributed by atoms with E-state index in [9.17, 15) is 4.79 Å². The average Bonchev–Trinajstić information content (AvgIpc) is 3.03. The Kier molecular flexibility index (Phi) is 5.25. The van der Waals surface area contributed by atoms with Gasteiger partial charge in [0.1, 0.15) is 5.01 Å². The number of aromatic nitrogens is 2. The lowest BCUT2D eigenvalue weighted by molar-refractivity contribution is 0.262. The van der Waals surface area contributed by atoms with Crippen LogP contribution in [0.15, 0.2) is 48.5 Å². The Balaban J connectivity index is 1.62. The summed E-state index contributed by atoms with van der Waals surface area (Å²) in [5.74, 6) is 0. The van der Waals surface area contributed by atoms with Gasteiger partial charge in [-0.2, -0.15) is 0 Å². The van der Waals surface area contributed by atoms with Crippen LogP contribution in [-0.2, 0) is 5.41 Å². The molecule has 0 bridgehead atoms. The quantitative estimate of drug-likeness (QED) is 0.597. The van der Waals surface area contributed by atoms with E-state index in [1.807, 2.05) is 36.4 Å². The summed E-state index contributed by atoms with van der Waals surface area (Å²) in [6, 6.07) is 14.8. The maximum atomic E-state index is 12.2. The standard InChI is InChI=1S/C19H19ClN4OS/c1-19(2,3)13-6-10-15(11-7-13)21-17(25)22-18-24-23-16(26-18)12-4-8-14(20)9-5-12/h4-11H,1-3H3,(H2,21,22,24,25). The van der Waals surface area contributed by atoms with Crippen molar-refractivity contribution in [1.29, 1.82) is 0 Å². The minimum Gasteiger partial charge on any atom is -0.308 e. The summed E-state index contributed by atoms with van der Waals surface area (Å²) in [6.45, 7) is 6.45. The predicted molar refractivity (Wildman–Crippen MR) is 108 cm³/mol. The molecule has 134 valence electrons. The summed E-state index contributed by atoms with van der Waals surface area (Å²) in [5, 5.41) is 15.4. The maximum Gasteiger partial charge on any atom is 0.325 e. The predicted octanol–water partition coefficient (Wildman–Crippen LogP) is 5.80. The average molecular weight is 387 g/mol. The SMILES string of the molecule is CC(C)(C)c1ccc(NC(=O)Nc2nnc(-c3ccc(Cl)cc3)s2)cc1. The summed E-state index contributed by atoms with van der Waals surface area (Å²) < 4.78 is 0. The van der Waals surface area contributed by atoms with Crippen LogP contribution in [0.2, 0.25) is 5.02 Å². The number of carbonyl (C=O) groups is 1. The molecule has 1 heterocycles. The van der Waals surface area contributed by atoms with E-state index in [1.54, 1.807) is 12.1 Å². The van der Waals surface area contributed by atoms with Gasteiger partial charge in [0.05, 0.1) is 0 Å². The number of nitrogens with one attached hydrogen (secondary N) is 2. The first-order chi connectivity index (χ1) is 12.3. The highest BCUT2D eigenvalue weighted by atomic mass is 35.5. The Hall–Kier alpha value is -2.44. The van der Waals surface area contributed by atoms with Crippen molar-refractivity contribution in [3.05, 3.63) is 59.1 Å². The van der Waals surface area contributed by atoms with Gasteiger partial charge in [0, 0.05) is 16.3 Å². The van der Waals surface area contributed by atoms with Crippen molar-refractivity contribution in [2.75, 3.05) is 10.6 Å². The van der Waals surface area contributed by atoms with Crippen LogP contribution >= 0.6 is 22.9 Å². The van der Waals surface area contributed by atoms with Gasteiger partial charge in [-0.1, -0.05) is 68.0 Å². The van der Waals surface area contributed by atoms with E-state index in [-0.39, 0.29) is 11.4 Å². The molecule has 5 nitrogen and oxygen atoms in total. The Labute approximate surface area is 161 Å². The van der Waals surface area contributed by atoms with Crippen LogP contribution in [0.4, 0.5) is 15.6 Å². The Morgan fingerprint density at radius 3 is 2.23 bits per heavy atom. The van der Waals surface area contributed by atoms with Crippen molar-refractivity contribution in [1.82, 2.24) is 10.2 Å². The van der Waals surface area contributed by atoms with E-state index in [0.717, 1.165) is 11.3 Å². The molecule has 3 rings (SSSR count). The van der Waals surface area contributed by atoms with Crippen molar-refractivity contribution in [2.24, 2.45) is 0 Å². The lowest BCUT2D eigenvalue weighted by Gasteiger charge is -2.19. The van der Waals surface area contributed by atoms with E-state index in [0.29, 0.717) is 15.2 Å². The summed E-state index contributed by atoms with van der Waals surface area (Å²) in [5.41, 5.74) is 2.90. The third-order valence-corrected chi connectivity index (χ3v) is 4.89. The molecule has 0 fully saturated rings. The van der Waals surface area contributed by atoms with E-state index >= 15 is 0 Å². The number of halogens is 1. The number of carbonyl (C=O) groups excluding carboxylic acids is 1. The van der Waals surface area contributed by atoms with Crippen molar-refractivity contribution in [3.63, 3.8) is 0 Å². The van der Waals surface area contributed by atoms with Gasteiger partial charge >= 0.3 is 6.03 Å². The summed E-state index contributed by atoms with van der Waals surface area (Å²) in [6.07, 6.45) is 0. The number of hydrogen-bond donors (Lipinski definition) is 2. The number of rotatable bonds is 3. The molecular weight excluding hydrogens is 368 g/mol. The zero-order valence-electron chi connectivity index (χ0n) is 14.7. The molecule has 0 saturated heterocycles. The molecule has 7 heteroatoms. The lowest BCUT2D eigenvalue weighted by Crippen LogP contribution is -2.19. The minimum absolute atomic E-state index is 0.0748. The molecule has 0 unspecified atom stereocenters. The molecule has 0 aliphatic carbocycles. The zero-order chi connectivity index (χ0) is 18.7. The van der Waals surface area contributed by atoms with Gasteiger partial charge in [-0.3, -0.25) is 5.32 Å². The highest BCUT2D eigenvalue weighted by molar-refractivity contribution is 7.18. The van der Waals surface area contributed by atoms with Gasteiger partial charge in [0.15, 0.2) is 0 Å². The van der Waals surface area contributed by atoms with Gasteiger partial charge < -0.3 is 5.32 Å². The number of benzene rings is 2. The van der Waals surface area contributed by atoms with Gasteiger partial charge in [-0.05, 0) is 35.2 Å². The van der Waals surface area contributed by atoms with Crippen molar-refractivity contribution in [3.8, 4) is 10.6 Å². The normalized spacial score (nSPS) is 11.2. The number of urea groups is 1. The molecule has 0 spiro atoms. The third kappa shape index (κ3) is 4.59. The molecule has 0 aliphatic rings. The Bertz CT molecular complexity index is 899. The zero-order valence-corrected chi connectivity index (χ0v) is 16.3. The molecule has 2 aromatic carbocycles. The van der Waals surface area contributed by atoms with Gasteiger partial charge in [-0.25, -0.2) is 4.79 Å². The second-order valence-corrected chi connectivity index (χ2v) is 8.24. The maximum absolute atomic E-state index is 12.2. The van der Waals surface area contributed by atoms with Crippen molar-refractivity contribution >= 4 is 39.8 Å². The highest BCUT2D eigenvalue weighted by Crippen LogP contribution is 2.27. The molecule has 3 aromatic rings. The number of anilines is 2. The van der Waals surface area contributed by atoms with Gasteiger partial charge in [0.2, 0.25) is 5.13 Å². The summed E-state index contributed by atoms with van der Waals surface area (Å²) >= 11 is 7.19. The number of hydrogen-bond acceptors (Lipinski definition) is 4. The number of nitrogens with zero attached hydrogens (tertiary/aromatic N) is 2. The third-order valence-electron chi connectivity index (χ3n) is 3.75. The molecule has 2 amide bonds. The Morgan fingerprint density at radius 2 is 1.62 bits per heavy atom. The summed E-state index contributed by atoms with van der Waals surface area (Å²) in [7, 11) is 0. The smallest absolute Gasteiger partial charge is 0.308 e. The van der Waals surface area contributed by atoms with Gasteiger partial charge in [-0.15, -0.1) is 10.2 Å². The lowest BCUT2D eigenvalue weighted by atomic mass is 9.87. The topological polar surface area (TPSA) is 66.9 Å². The van der Waals surface area contributed by atoms with E-state index in [2.05, 4.69) is 41.6 Å². The number of amides is 2. The van der Waals surface area contributed by atoms with Crippen LogP contribution in [-0.4, -0.2) is 16.2 Å². The second kappa shape index (κ2) is 7.43. The molecule has 0 saturated carbocycles. The molecule has 0 atom stereocenters. The summed E-state index contributed by atoms with van der Waals surface area (Å²) in [4.78, 5) is 12.2. The first kappa shape index (κ1) is 18.4. The largest absolute Gasteiger partial charge is 0.325 e. The van der Waals surface area contributed by atoms with E-state index in [1.165, 1.54) is 16.9 Å². The Morgan fingerprint density at radius 1 is 0.962 bits per heavy atom. The van der Waals surface area contributed by atoms with E-state index < -0.39 is 0 Å². The molecule has 0 aliphatic heterocycles. The van der Waals surface area contributed by atoms with Crippen LogP contribution in [0.1, 0.15) is 26.3 Å². The fourth-order valence-electron chi connectivity index (χ4n) is 2.30. The molecule has 0 radical (unpaired) electrons. The molecule has 1 aromatic heterocycles. The molecular formula is C19H19ClN4OS.